The average molecular weight is 348 g/mol. The number of benzene rings is 2. The van der Waals surface area contributed by atoms with Crippen LogP contribution in [0.3, 0.4) is 0 Å². The van der Waals surface area contributed by atoms with E-state index in [0.717, 1.165) is 23.1 Å². The quantitative estimate of drug-likeness (QED) is 0.885. The molecule has 2 rings (SSSR count). The number of rotatable bonds is 5. The summed E-state index contributed by atoms with van der Waals surface area (Å²) in [6.07, 6.45) is 0. The summed E-state index contributed by atoms with van der Waals surface area (Å²) in [6, 6.07) is 13.4. The Morgan fingerprint density at radius 2 is 1.67 bits per heavy atom. The molecule has 2 aromatic rings. The molecular weight excluding hydrogens is 330 g/mol. The van der Waals surface area contributed by atoms with Crippen LogP contribution in [0.25, 0.3) is 0 Å². The second-order valence-corrected chi connectivity index (χ2v) is 6.11. The molecule has 0 atom stereocenters. The van der Waals surface area contributed by atoms with E-state index < -0.39 is 5.97 Å². The molecule has 21 heavy (non-hydrogen) atoms. The third-order valence-corrected chi connectivity index (χ3v) is 4.22. The number of aromatic carboxylic acids is 1. The summed E-state index contributed by atoms with van der Waals surface area (Å²) in [6.45, 7) is 3.72. The van der Waals surface area contributed by atoms with Crippen molar-refractivity contribution in [2.24, 2.45) is 0 Å². The van der Waals surface area contributed by atoms with Crippen molar-refractivity contribution in [2.45, 2.75) is 20.0 Å². The summed E-state index contributed by atoms with van der Waals surface area (Å²) in [7, 11) is 2.06. The van der Waals surface area contributed by atoms with E-state index in [9.17, 15) is 4.79 Å². The SMILES string of the molecule is Cc1cc(CN(C)Cc2ccc(C(=O)O)cc2)ccc1Br. The predicted octanol–water partition coefficient (Wildman–Crippen LogP) is 4.09. The fraction of sp³-hybridized carbons (Fsp3) is 0.235. The molecule has 4 heteroatoms. The lowest BCUT2D eigenvalue weighted by atomic mass is 10.1. The van der Waals surface area contributed by atoms with Crippen molar-refractivity contribution in [1.82, 2.24) is 4.90 Å². The molecule has 0 radical (unpaired) electrons. The molecule has 0 saturated carbocycles. The van der Waals surface area contributed by atoms with Crippen molar-refractivity contribution in [3.63, 3.8) is 0 Å². The van der Waals surface area contributed by atoms with E-state index in [0.29, 0.717) is 5.56 Å². The Morgan fingerprint density at radius 1 is 1.10 bits per heavy atom. The third-order valence-electron chi connectivity index (χ3n) is 3.33. The number of carboxylic acid groups (broad SMARTS) is 1. The molecule has 0 spiro atoms. The average Bonchev–Trinajstić information content (AvgIpc) is 2.43. The number of hydrogen-bond acceptors (Lipinski definition) is 2. The third kappa shape index (κ3) is 4.41. The molecule has 2 aromatic carbocycles. The van der Waals surface area contributed by atoms with Gasteiger partial charge < -0.3 is 5.11 Å². The van der Waals surface area contributed by atoms with E-state index in [4.69, 9.17) is 5.11 Å². The number of hydrogen-bond donors (Lipinski definition) is 1. The number of aryl methyl sites for hydroxylation is 1. The van der Waals surface area contributed by atoms with Crippen LogP contribution in [-0.4, -0.2) is 23.0 Å². The Kier molecular flexibility index (Phi) is 5.15. The van der Waals surface area contributed by atoms with Gasteiger partial charge in [-0.25, -0.2) is 4.79 Å². The van der Waals surface area contributed by atoms with Gasteiger partial charge in [-0.05, 0) is 48.9 Å². The van der Waals surface area contributed by atoms with E-state index in [1.807, 2.05) is 12.1 Å². The van der Waals surface area contributed by atoms with Crippen LogP contribution in [-0.2, 0) is 13.1 Å². The molecule has 0 unspecified atom stereocenters. The largest absolute Gasteiger partial charge is 0.478 e. The summed E-state index contributed by atoms with van der Waals surface area (Å²) in [5, 5.41) is 8.89. The highest BCUT2D eigenvalue weighted by Gasteiger charge is 2.05. The highest BCUT2D eigenvalue weighted by atomic mass is 79.9. The molecule has 3 nitrogen and oxygen atoms in total. The Hall–Kier alpha value is -1.65. The van der Waals surface area contributed by atoms with Gasteiger partial charge in [-0.15, -0.1) is 0 Å². The first-order valence-electron chi connectivity index (χ1n) is 6.71. The van der Waals surface area contributed by atoms with Crippen LogP contribution in [0.1, 0.15) is 27.0 Å². The molecule has 0 bridgehead atoms. The number of carboxylic acids is 1. The first-order valence-corrected chi connectivity index (χ1v) is 7.51. The van der Waals surface area contributed by atoms with Crippen molar-refractivity contribution in [1.29, 1.82) is 0 Å². The topological polar surface area (TPSA) is 40.5 Å². The first-order chi connectivity index (χ1) is 9.95. The number of halogens is 1. The maximum absolute atomic E-state index is 10.8. The molecule has 0 aliphatic rings. The van der Waals surface area contributed by atoms with Gasteiger partial charge in [0, 0.05) is 17.6 Å². The van der Waals surface area contributed by atoms with E-state index >= 15 is 0 Å². The second kappa shape index (κ2) is 6.87. The normalized spacial score (nSPS) is 10.9. The molecule has 1 N–H and O–H groups in total. The Labute approximate surface area is 133 Å². The zero-order valence-electron chi connectivity index (χ0n) is 12.1. The van der Waals surface area contributed by atoms with E-state index in [1.165, 1.54) is 11.1 Å². The van der Waals surface area contributed by atoms with E-state index in [-0.39, 0.29) is 0 Å². The van der Waals surface area contributed by atoms with Gasteiger partial charge in [0.1, 0.15) is 0 Å². The maximum Gasteiger partial charge on any atom is 0.335 e. The minimum absolute atomic E-state index is 0.324. The van der Waals surface area contributed by atoms with Crippen LogP contribution in [0.15, 0.2) is 46.9 Å². The van der Waals surface area contributed by atoms with E-state index in [1.54, 1.807) is 12.1 Å². The minimum atomic E-state index is -0.889. The van der Waals surface area contributed by atoms with Gasteiger partial charge >= 0.3 is 5.97 Å². The highest BCUT2D eigenvalue weighted by molar-refractivity contribution is 9.10. The van der Waals surface area contributed by atoms with Crippen LogP contribution in [0.2, 0.25) is 0 Å². The number of nitrogens with zero attached hydrogens (tertiary/aromatic N) is 1. The lowest BCUT2D eigenvalue weighted by molar-refractivity contribution is 0.0697. The van der Waals surface area contributed by atoms with Crippen LogP contribution in [0.4, 0.5) is 0 Å². The molecule has 0 aliphatic carbocycles. The monoisotopic (exact) mass is 347 g/mol. The van der Waals surface area contributed by atoms with Crippen molar-refractivity contribution < 1.29 is 9.90 Å². The van der Waals surface area contributed by atoms with Crippen molar-refractivity contribution in [3.05, 3.63) is 69.2 Å². The van der Waals surface area contributed by atoms with Gasteiger partial charge in [0.25, 0.3) is 0 Å². The van der Waals surface area contributed by atoms with Crippen LogP contribution in [0.5, 0.6) is 0 Å². The first kappa shape index (κ1) is 15.7. The van der Waals surface area contributed by atoms with Gasteiger partial charge in [0.15, 0.2) is 0 Å². The second-order valence-electron chi connectivity index (χ2n) is 5.26. The Bertz CT molecular complexity index is 638. The van der Waals surface area contributed by atoms with Crippen molar-refractivity contribution in [3.8, 4) is 0 Å². The lowest BCUT2D eigenvalue weighted by Crippen LogP contribution is -2.17. The molecule has 0 heterocycles. The van der Waals surface area contributed by atoms with Gasteiger partial charge in [-0.2, -0.15) is 0 Å². The van der Waals surface area contributed by atoms with Crippen LogP contribution < -0.4 is 0 Å². The van der Waals surface area contributed by atoms with Crippen LogP contribution in [0, 0.1) is 6.92 Å². The molecule has 0 aromatic heterocycles. The van der Waals surface area contributed by atoms with Gasteiger partial charge in [-0.1, -0.05) is 40.2 Å². The zero-order valence-corrected chi connectivity index (χ0v) is 13.7. The Morgan fingerprint density at radius 3 is 2.24 bits per heavy atom. The minimum Gasteiger partial charge on any atom is -0.478 e. The van der Waals surface area contributed by atoms with Crippen molar-refractivity contribution >= 4 is 21.9 Å². The lowest BCUT2D eigenvalue weighted by Gasteiger charge is -2.17. The Balaban J connectivity index is 1.99. The fourth-order valence-corrected chi connectivity index (χ4v) is 2.48. The van der Waals surface area contributed by atoms with Crippen LogP contribution >= 0.6 is 15.9 Å². The summed E-state index contributed by atoms with van der Waals surface area (Å²) >= 11 is 3.51. The van der Waals surface area contributed by atoms with Gasteiger partial charge in [0.05, 0.1) is 5.56 Å². The van der Waals surface area contributed by atoms with Crippen molar-refractivity contribution in [2.75, 3.05) is 7.05 Å². The summed E-state index contributed by atoms with van der Waals surface area (Å²) in [5.74, 6) is -0.889. The molecule has 0 amide bonds. The standard InChI is InChI=1S/C17H18BrNO2/c1-12-9-14(5-8-16(12)18)11-19(2)10-13-3-6-15(7-4-13)17(20)21/h3-9H,10-11H2,1-2H3,(H,20,21). The fourth-order valence-electron chi connectivity index (χ4n) is 2.24. The molecular formula is C17H18BrNO2. The molecule has 0 saturated heterocycles. The maximum atomic E-state index is 10.8. The zero-order chi connectivity index (χ0) is 15.4. The van der Waals surface area contributed by atoms with Gasteiger partial charge in [-0.3, -0.25) is 4.90 Å². The smallest absolute Gasteiger partial charge is 0.335 e. The van der Waals surface area contributed by atoms with Gasteiger partial charge in [0.2, 0.25) is 0 Å². The molecule has 0 fully saturated rings. The summed E-state index contributed by atoms with van der Waals surface area (Å²) in [4.78, 5) is 13.0. The summed E-state index contributed by atoms with van der Waals surface area (Å²) < 4.78 is 1.12. The summed E-state index contributed by atoms with van der Waals surface area (Å²) in [5.41, 5.74) is 3.92. The predicted molar refractivity (Wildman–Crippen MR) is 87.5 cm³/mol. The number of carbonyl (C=O) groups is 1. The van der Waals surface area contributed by atoms with E-state index in [2.05, 4.69) is 53.0 Å². The molecule has 110 valence electrons. The highest BCUT2D eigenvalue weighted by Crippen LogP contribution is 2.18. The molecule has 0 aliphatic heterocycles.